The summed E-state index contributed by atoms with van der Waals surface area (Å²) in [5, 5.41) is 11.0. The minimum Gasteiger partial charge on any atom is -0.264 e. The molecular weight excluding hydrogens is 190 g/mol. The highest BCUT2D eigenvalue weighted by Crippen LogP contribution is 2.20. The molecular formula is C12H15NO2. The molecule has 0 amide bonds. The molecule has 0 bridgehead atoms. The molecule has 0 saturated carbocycles. The van der Waals surface area contributed by atoms with Gasteiger partial charge in [0.15, 0.2) is 0 Å². The predicted octanol–water partition coefficient (Wildman–Crippen LogP) is 2.84. The zero-order valence-electron chi connectivity index (χ0n) is 8.85. The van der Waals surface area contributed by atoms with Crippen LogP contribution in [0.1, 0.15) is 18.9 Å². The van der Waals surface area contributed by atoms with Crippen molar-refractivity contribution in [3.8, 4) is 0 Å². The Kier molecular flexibility index (Phi) is 3.61. The minimum atomic E-state index is -0.941. The van der Waals surface area contributed by atoms with Crippen molar-refractivity contribution in [1.29, 1.82) is 0 Å². The topological polar surface area (TPSA) is 43.1 Å². The molecule has 0 spiro atoms. The van der Waals surface area contributed by atoms with Crippen LogP contribution in [0.5, 0.6) is 0 Å². The summed E-state index contributed by atoms with van der Waals surface area (Å²) in [6.45, 7) is 5.22. The molecule has 0 aromatic heterocycles. The lowest BCUT2D eigenvalue weighted by Gasteiger charge is -2.19. The second kappa shape index (κ2) is 4.73. The summed E-state index contributed by atoms with van der Waals surface area (Å²) in [5.41, 5.74) is 0.0434. The van der Waals surface area contributed by atoms with E-state index in [4.69, 9.17) is 0 Å². The maximum atomic E-state index is 11.0. The quantitative estimate of drug-likeness (QED) is 0.421. The lowest BCUT2D eigenvalue weighted by atomic mass is 9.90. The van der Waals surface area contributed by atoms with Gasteiger partial charge in [0.2, 0.25) is 5.54 Å². The van der Waals surface area contributed by atoms with Crippen LogP contribution in [-0.2, 0) is 6.42 Å². The predicted molar refractivity (Wildman–Crippen MR) is 60.4 cm³/mol. The highest BCUT2D eigenvalue weighted by Gasteiger charge is 2.35. The lowest BCUT2D eigenvalue weighted by Crippen LogP contribution is -2.36. The van der Waals surface area contributed by atoms with E-state index in [2.05, 4.69) is 6.58 Å². The van der Waals surface area contributed by atoms with Crippen molar-refractivity contribution in [2.75, 3.05) is 0 Å². The van der Waals surface area contributed by atoms with Crippen LogP contribution in [0.25, 0.3) is 0 Å². The van der Waals surface area contributed by atoms with Gasteiger partial charge in [-0.2, -0.15) is 0 Å². The molecule has 0 aliphatic rings. The smallest absolute Gasteiger partial charge is 0.226 e. The van der Waals surface area contributed by atoms with E-state index >= 15 is 0 Å². The maximum absolute atomic E-state index is 11.0. The SMILES string of the molecule is C=CC[C@@](C)(Cc1ccccc1)[N+](=O)[O-]. The summed E-state index contributed by atoms with van der Waals surface area (Å²) in [6.07, 6.45) is 2.42. The first kappa shape index (κ1) is 11.4. The third-order valence-electron chi connectivity index (χ3n) is 2.45. The van der Waals surface area contributed by atoms with Crippen LogP contribution in [0.4, 0.5) is 0 Å². The summed E-state index contributed by atoms with van der Waals surface area (Å²) in [6, 6.07) is 9.50. The molecule has 0 aliphatic heterocycles. The Morgan fingerprint density at radius 2 is 2.07 bits per heavy atom. The number of nitro groups is 1. The van der Waals surface area contributed by atoms with Crippen molar-refractivity contribution < 1.29 is 4.92 Å². The molecule has 1 aromatic rings. The standard InChI is InChI=1S/C12H15NO2/c1-3-9-12(2,13(14)15)10-11-7-5-4-6-8-11/h3-8H,1,9-10H2,2H3/t12-/m0/s1. The van der Waals surface area contributed by atoms with E-state index in [-0.39, 0.29) is 4.92 Å². The third-order valence-corrected chi connectivity index (χ3v) is 2.45. The third kappa shape index (κ3) is 2.91. The van der Waals surface area contributed by atoms with Gasteiger partial charge < -0.3 is 0 Å². The van der Waals surface area contributed by atoms with E-state index in [1.54, 1.807) is 13.0 Å². The molecule has 0 N–H and O–H groups in total. The average molecular weight is 205 g/mol. The van der Waals surface area contributed by atoms with E-state index in [1.165, 1.54) is 0 Å². The summed E-state index contributed by atoms with van der Waals surface area (Å²) in [4.78, 5) is 10.8. The van der Waals surface area contributed by atoms with E-state index < -0.39 is 5.54 Å². The van der Waals surface area contributed by atoms with Gasteiger partial charge in [0, 0.05) is 24.7 Å². The molecule has 1 aromatic carbocycles. The zero-order chi connectivity index (χ0) is 11.3. The van der Waals surface area contributed by atoms with Crippen LogP contribution in [0, 0.1) is 10.1 Å². The molecule has 0 saturated heterocycles. The fourth-order valence-electron chi connectivity index (χ4n) is 1.56. The monoisotopic (exact) mass is 205 g/mol. The Bertz CT molecular complexity index is 348. The van der Waals surface area contributed by atoms with E-state index in [1.807, 2.05) is 30.3 Å². The fourth-order valence-corrected chi connectivity index (χ4v) is 1.56. The second-order valence-corrected chi connectivity index (χ2v) is 3.91. The van der Waals surface area contributed by atoms with Crippen molar-refractivity contribution >= 4 is 0 Å². The van der Waals surface area contributed by atoms with Crippen LogP contribution in [0.15, 0.2) is 43.0 Å². The fraction of sp³-hybridized carbons (Fsp3) is 0.333. The maximum Gasteiger partial charge on any atom is 0.226 e. The molecule has 0 fully saturated rings. The van der Waals surface area contributed by atoms with Crippen molar-refractivity contribution in [2.45, 2.75) is 25.3 Å². The number of hydrogen-bond acceptors (Lipinski definition) is 2. The van der Waals surface area contributed by atoms with Gasteiger partial charge in [-0.05, 0) is 5.56 Å². The van der Waals surface area contributed by atoms with E-state index in [0.29, 0.717) is 12.8 Å². The van der Waals surface area contributed by atoms with Crippen molar-refractivity contribution in [1.82, 2.24) is 0 Å². The molecule has 3 heteroatoms. The summed E-state index contributed by atoms with van der Waals surface area (Å²) < 4.78 is 0. The summed E-state index contributed by atoms with van der Waals surface area (Å²) in [5.74, 6) is 0. The van der Waals surface area contributed by atoms with Crippen molar-refractivity contribution in [3.05, 3.63) is 58.7 Å². The van der Waals surface area contributed by atoms with Gasteiger partial charge in [0.25, 0.3) is 0 Å². The van der Waals surface area contributed by atoms with Crippen LogP contribution in [0.2, 0.25) is 0 Å². The van der Waals surface area contributed by atoms with Gasteiger partial charge in [-0.15, -0.1) is 6.58 Å². The number of nitrogens with zero attached hydrogens (tertiary/aromatic N) is 1. The van der Waals surface area contributed by atoms with E-state index in [9.17, 15) is 10.1 Å². The normalized spacial score (nSPS) is 14.2. The van der Waals surface area contributed by atoms with Gasteiger partial charge in [0.1, 0.15) is 0 Å². The van der Waals surface area contributed by atoms with Gasteiger partial charge in [-0.25, -0.2) is 0 Å². The number of hydrogen-bond donors (Lipinski definition) is 0. The van der Waals surface area contributed by atoms with Crippen LogP contribution >= 0.6 is 0 Å². The van der Waals surface area contributed by atoms with Crippen molar-refractivity contribution in [2.24, 2.45) is 0 Å². The number of rotatable bonds is 5. The molecule has 15 heavy (non-hydrogen) atoms. The Morgan fingerprint density at radius 3 is 2.53 bits per heavy atom. The molecule has 1 rings (SSSR count). The first-order valence-corrected chi connectivity index (χ1v) is 4.88. The lowest BCUT2D eigenvalue weighted by molar-refractivity contribution is -0.564. The van der Waals surface area contributed by atoms with Crippen LogP contribution in [0.3, 0.4) is 0 Å². The molecule has 80 valence electrons. The van der Waals surface area contributed by atoms with Crippen molar-refractivity contribution in [3.63, 3.8) is 0 Å². The molecule has 0 heterocycles. The molecule has 1 atom stereocenters. The van der Waals surface area contributed by atoms with Gasteiger partial charge >= 0.3 is 0 Å². The number of benzene rings is 1. The Morgan fingerprint density at radius 1 is 1.47 bits per heavy atom. The Labute approximate surface area is 89.6 Å². The molecule has 0 unspecified atom stereocenters. The molecule has 0 aliphatic carbocycles. The minimum absolute atomic E-state index is 0.221. The van der Waals surface area contributed by atoms with Gasteiger partial charge in [-0.3, -0.25) is 10.1 Å². The van der Waals surface area contributed by atoms with Crippen LogP contribution < -0.4 is 0 Å². The first-order valence-electron chi connectivity index (χ1n) is 4.88. The molecule has 0 radical (unpaired) electrons. The van der Waals surface area contributed by atoms with E-state index in [0.717, 1.165) is 5.56 Å². The highest BCUT2D eigenvalue weighted by atomic mass is 16.6. The highest BCUT2D eigenvalue weighted by molar-refractivity contribution is 5.17. The van der Waals surface area contributed by atoms with Crippen LogP contribution in [-0.4, -0.2) is 10.5 Å². The van der Waals surface area contributed by atoms with Gasteiger partial charge in [0.05, 0.1) is 0 Å². The summed E-state index contributed by atoms with van der Waals surface area (Å²) >= 11 is 0. The second-order valence-electron chi connectivity index (χ2n) is 3.91. The summed E-state index contributed by atoms with van der Waals surface area (Å²) in [7, 11) is 0. The Hall–Kier alpha value is -1.64. The largest absolute Gasteiger partial charge is 0.264 e. The Balaban J connectivity index is 2.84. The van der Waals surface area contributed by atoms with Gasteiger partial charge in [-0.1, -0.05) is 36.4 Å². The molecule has 3 nitrogen and oxygen atoms in total. The average Bonchev–Trinajstić information content (AvgIpc) is 2.19. The first-order chi connectivity index (χ1) is 7.08. The zero-order valence-corrected chi connectivity index (χ0v) is 8.85.